The fourth-order valence-electron chi connectivity index (χ4n) is 6.00. The van der Waals surface area contributed by atoms with Gasteiger partial charge in [-0.15, -0.1) is 0 Å². The summed E-state index contributed by atoms with van der Waals surface area (Å²) in [6.45, 7) is 7.50. The molecule has 2 amide bonds. The number of nitrogens with one attached hydrogen (secondary N) is 3. The van der Waals surface area contributed by atoms with Crippen LogP contribution in [0, 0.1) is 11.8 Å². The lowest BCUT2D eigenvalue weighted by Gasteiger charge is -2.26. The van der Waals surface area contributed by atoms with Gasteiger partial charge in [-0.25, -0.2) is 0 Å². The third-order valence-corrected chi connectivity index (χ3v) is 8.63. The van der Waals surface area contributed by atoms with Crippen LogP contribution in [0.1, 0.15) is 63.6 Å². The van der Waals surface area contributed by atoms with E-state index in [2.05, 4.69) is 16.0 Å². The van der Waals surface area contributed by atoms with E-state index in [-0.39, 0.29) is 23.2 Å². The molecule has 1 saturated heterocycles. The second kappa shape index (κ2) is 14.6. The molecular weight excluding hydrogens is 550 g/mol. The molecule has 2 aromatic carbocycles. The largest absolute Gasteiger partial charge is 0.493 e. The Balaban J connectivity index is 1.79. The van der Waals surface area contributed by atoms with Crippen molar-refractivity contribution in [2.75, 3.05) is 46.4 Å². The molecule has 0 saturated carbocycles. The molecule has 0 bridgehead atoms. The molecule has 0 aromatic heterocycles. The van der Waals surface area contributed by atoms with Crippen molar-refractivity contribution < 1.29 is 28.5 Å². The standard InChI is InChI=1S/C33H45N3O7/c1-7-19(2)30(33(39)34-18-21-12-14-43-15-13-21)36-26-11-9-23-24(17-27(26)38)25(35-20(3)37)10-8-22-16-28(40-4)31(41-5)32(42-6)29(22)23/h9,11,16-17,19,21,25,30H,7-8,10,12-15,18H2,1-6H3,(H,34,39)(H,35,37)(H,36,38). The first kappa shape index (κ1) is 32.1. The Labute approximate surface area is 253 Å². The highest BCUT2D eigenvalue weighted by atomic mass is 16.5. The van der Waals surface area contributed by atoms with Gasteiger partial charge in [-0.1, -0.05) is 26.3 Å². The van der Waals surface area contributed by atoms with Crippen LogP contribution < -0.4 is 35.6 Å². The van der Waals surface area contributed by atoms with Crippen molar-refractivity contribution in [1.82, 2.24) is 10.6 Å². The summed E-state index contributed by atoms with van der Waals surface area (Å²) in [5, 5.41) is 9.42. The van der Waals surface area contributed by atoms with Crippen LogP contribution in [-0.2, 0) is 20.7 Å². The maximum absolute atomic E-state index is 13.8. The monoisotopic (exact) mass is 595 g/mol. The number of methoxy groups -OCH3 is 3. The number of anilines is 1. The van der Waals surface area contributed by atoms with Gasteiger partial charge in [0.1, 0.15) is 6.04 Å². The second-order valence-corrected chi connectivity index (χ2v) is 11.4. The molecule has 10 heteroatoms. The van der Waals surface area contributed by atoms with Crippen molar-refractivity contribution in [3.05, 3.63) is 45.6 Å². The van der Waals surface area contributed by atoms with Crippen molar-refractivity contribution in [2.24, 2.45) is 11.8 Å². The molecule has 2 aliphatic rings. The maximum Gasteiger partial charge on any atom is 0.242 e. The van der Waals surface area contributed by atoms with Crippen molar-refractivity contribution >= 4 is 17.5 Å². The lowest BCUT2D eigenvalue weighted by atomic mass is 9.95. The molecule has 3 N–H and O–H groups in total. The van der Waals surface area contributed by atoms with Crippen molar-refractivity contribution in [3.63, 3.8) is 0 Å². The minimum absolute atomic E-state index is 0.0258. The molecule has 1 fully saturated rings. The van der Waals surface area contributed by atoms with Gasteiger partial charge in [0.05, 0.1) is 33.1 Å². The highest BCUT2D eigenvalue weighted by Crippen LogP contribution is 2.50. The number of carbonyl (C=O) groups is 2. The van der Waals surface area contributed by atoms with Crippen molar-refractivity contribution in [3.8, 4) is 28.4 Å². The third kappa shape index (κ3) is 7.24. The quantitative estimate of drug-likeness (QED) is 0.353. The number of hydrogen-bond acceptors (Lipinski definition) is 8. The van der Waals surface area contributed by atoms with E-state index in [0.29, 0.717) is 67.0 Å². The number of hydrogen-bond donors (Lipinski definition) is 3. The zero-order chi connectivity index (χ0) is 31.1. The average molecular weight is 596 g/mol. The Morgan fingerprint density at radius 3 is 2.37 bits per heavy atom. The number of fused-ring (bicyclic) bond motifs is 3. The van der Waals surface area contributed by atoms with Crippen molar-refractivity contribution in [2.45, 2.75) is 65.0 Å². The number of rotatable bonds is 11. The maximum atomic E-state index is 13.8. The molecule has 234 valence electrons. The molecule has 10 nitrogen and oxygen atoms in total. The average Bonchev–Trinajstić information content (AvgIpc) is 3.25. The van der Waals surface area contributed by atoms with Gasteiger partial charge in [0.2, 0.25) is 23.0 Å². The summed E-state index contributed by atoms with van der Waals surface area (Å²) in [6, 6.07) is 6.05. The Bertz CT molecular complexity index is 1370. The molecule has 0 spiro atoms. The van der Waals surface area contributed by atoms with Crippen LogP contribution in [0.3, 0.4) is 0 Å². The molecule has 43 heavy (non-hydrogen) atoms. The zero-order valence-corrected chi connectivity index (χ0v) is 26.1. The van der Waals surface area contributed by atoms with Crippen LogP contribution in [0.25, 0.3) is 11.1 Å². The van der Waals surface area contributed by atoms with Gasteiger partial charge >= 0.3 is 0 Å². The van der Waals surface area contributed by atoms with E-state index < -0.39 is 12.1 Å². The van der Waals surface area contributed by atoms with Gasteiger partial charge in [0.15, 0.2) is 11.5 Å². The van der Waals surface area contributed by atoms with E-state index in [1.54, 1.807) is 33.5 Å². The van der Waals surface area contributed by atoms with Crippen LogP contribution >= 0.6 is 0 Å². The fourth-order valence-corrected chi connectivity index (χ4v) is 6.00. The molecular formula is C33H45N3O7. The van der Waals surface area contributed by atoms with Crippen LogP contribution in [0.5, 0.6) is 17.2 Å². The molecule has 3 unspecified atom stereocenters. The smallest absolute Gasteiger partial charge is 0.242 e. The summed E-state index contributed by atoms with van der Waals surface area (Å²) in [6.07, 6.45) is 3.77. The number of benzene rings is 1. The van der Waals surface area contributed by atoms with E-state index in [0.717, 1.165) is 36.0 Å². The summed E-state index contributed by atoms with van der Waals surface area (Å²) >= 11 is 0. The Kier molecular flexibility index (Phi) is 10.9. The lowest BCUT2D eigenvalue weighted by molar-refractivity contribution is -0.123. The first-order valence-electron chi connectivity index (χ1n) is 15.1. The number of carbonyl (C=O) groups excluding carboxylic acids is 2. The first-order valence-corrected chi connectivity index (χ1v) is 15.1. The normalized spacial score (nSPS) is 17.8. The van der Waals surface area contributed by atoms with E-state index in [1.807, 2.05) is 26.0 Å². The summed E-state index contributed by atoms with van der Waals surface area (Å²) < 4.78 is 22.6. The van der Waals surface area contributed by atoms with Gasteiger partial charge in [-0.05, 0) is 72.4 Å². The van der Waals surface area contributed by atoms with Gasteiger partial charge in [-0.2, -0.15) is 0 Å². The van der Waals surface area contributed by atoms with Gasteiger partial charge in [-0.3, -0.25) is 14.4 Å². The number of aryl methyl sites for hydroxylation is 1. The first-order chi connectivity index (χ1) is 20.7. The summed E-state index contributed by atoms with van der Waals surface area (Å²) in [5.74, 6) is 1.49. The van der Waals surface area contributed by atoms with Crippen LogP contribution in [0.4, 0.5) is 5.69 Å². The van der Waals surface area contributed by atoms with Crippen LogP contribution in [-0.4, -0.2) is 58.9 Å². The number of ether oxygens (including phenoxy) is 4. The van der Waals surface area contributed by atoms with E-state index in [4.69, 9.17) is 18.9 Å². The van der Waals surface area contributed by atoms with Gasteiger partial charge in [0.25, 0.3) is 0 Å². The Morgan fingerprint density at radius 2 is 1.74 bits per heavy atom. The van der Waals surface area contributed by atoms with E-state index >= 15 is 0 Å². The molecule has 1 heterocycles. The zero-order valence-electron chi connectivity index (χ0n) is 26.1. The van der Waals surface area contributed by atoms with Crippen LogP contribution in [0.15, 0.2) is 29.1 Å². The van der Waals surface area contributed by atoms with Gasteiger partial charge < -0.3 is 34.9 Å². The topological polar surface area (TPSA) is 124 Å². The minimum atomic E-state index is -0.600. The highest BCUT2D eigenvalue weighted by molar-refractivity contribution is 5.86. The third-order valence-electron chi connectivity index (χ3n) is 8.63. The molecule has 4 rings (SSSR count). The van der Waals surface area contributed by atoms with E-state index in [9.17, 15) is 14.4 Å². The summed E-state index contributed by atoms with van der Waals surface area (Å²) in [5.41, 5.74) is 3.16. The number of amides is 2. The highest BCUT2D eigenvalue weighted by Gasteiger charge is 2.30. The van der Waals surface area contributed by atoms with Crippen LogP contribution in [0.2, 0.25) is 0 Å². The SMILES string of the molecule is CCC(C)C(Nc1ccc2c(cc1=O)C(NC(C)=O)CCc1cc(OC)c(OC)c(OC)c1-2)C(=O)NCC1CCOCC1. The predicted octanol–water partition coefficient (Wildman–Crippen LogP) is 4.23. The predicted molar refractivity (Wildman–Crippen MR) is 166 cm³/mol. The molecule has 1 aliphatic heterocycles. The summed E-state index contributed by atoms with van der Waals surface area (Å²) in [4.78, 5) is 39.5. The lowest BCUT2D eigenvalue weighted by Crippen LogP contribution is -2.46. The molecule has 0 radical (unpaired) electrons. The molecule has 1 aliphatic carbocycles. The fraction of sp³-hybridized carbons (Fsp3) is 0.545. The second-order valence-electron chi connectivity index (χ2n) is 11.4. The summed E-state index contributed by atoms with van der Waals surface area (Å²) in [7, 11) is 4.69. The van der Waals surface area contributed by atoms with Crippen molar-refractivity contribution in [1.29, 1.82) is 0 Å². The van der Waals surface area contributed by atoms with E-state index in [1.165, 1.54) is 6.92 Å². The Morgan fingerprint density at radius 1 is 1.02 bits per heavy atom. The molecule has 2 aromatic rings. The van der Waals surface area contributed by atoms with Gasteiger partial charge in [0, 0.05) is 32.2 Å². The Hall–Kier alpha value is -3.79. The molecule has 3 atom stereocenters. The minimum Gasteiger partial charge on any atom is -0.493 e.